The molecule has 17 heavy (non-hydrogen) atoms. The number of rotatable bonds is 2. The summed E-state index contributed by atoms with van der Waals surface area (Å²) in [7, 11) is 1.84. The highest BCUT2D eigenvalue weighted by Crippen LogP contribution is 2.38. The molecule has 1 aliphatic rings. The van der Waals surface area contributed by atoms with Crippen molar-refractivity contribution in [2.24, 2.45) is 12.8 Å². The number of hydrogen-bond acceptors (Lipinski definition) is 5. The lowest BCUT2D eigenvalue weighted by molar-refractivity contribution is 0.658. The summed E-state index contributed by atoms with van der Waals surface area (Å²) in [6.45, 7) is 0. The van der Waals surface area contributed by atoms with Crippen LogP contribution in [-0.2, 0) is 13.5 Å². The summed E-state index contributed by atoms with van der Waals surface area (Å²) >= 11 is 1.65. The summed E-state index contributed by atoms with van der Waals surface area (Å²) < 4.78 is 1.68. The minimum Gasteiger partial charge on any atom is -0.323 e. The molecule has 0 saturated carbocycles. The van der Waals surface area contributed by atoms with Crippen LogP contribution in [0.25, 0.3) is 0 Å². The molecule has 0 spiro atoms. The van der Waals surface area contributed by atoms with Crippen LogP contribution in [0.2, 0.25) is 0 Å². The van der Waals surface area contributed by atoms with Crippen molar-refractivity contribution in [1.82, 2.24) is 20.2 Å². The van der Waals surface area contributed by atoms with Gasteiger partial charge in [0.15, 0.2) is 0 Å². The first kappa shape index (κ1) is 10.7. The van der Waals surface area contributed by atoms with Gasteiger partial charge in [-0.25, -0.2) is 4.68 Å². The Morgan fingerprint density at radius 3 is 2.94 bits per heavy atom. The van der Waals surface area contributed by atoms with E-state index >= 15 is 0 Å². The molecule has 0 bridgehead atoms. The smallest absolute Gasteiger partial charge is 0.209 e. The molecule has 0 aliphatic heterocycles. The van der Waals surface area contributed by atoms with E-state index < -0.39 is 0 Å². The molecule has 5 nitrogen and oxygen atoms in total. The number of benzene rings is 1. The van der Waals surface area contributed by atoms with Crippen molar-refractivity contribution in [3.05, 3.63) is 35.4 Å². The van der Waals surface area contributed by atoms with E-state index in [0.717, 1.165) is 11.6 Å². The summed E-state index contributed by atoms with van der Waals surface area (Å²) in [6.07, 6.45) is 0.981. The van der Waals surface area contributed by atoms with E-state index in [-0.39, 0.29) is 6.04 Å². The summed E-state index contributed by atoms with van der Waals surface area (Å²) in [6, 6.07) is 8.41. The molecule has 0 amide bonds. The van der Waals surface area contributed by atoms with Crippen molar-refractivity contribution < 1.29 is 0 Å². The quantitative estimate of drug-likeness (QED) is 0.854. The third-order valence-electron chi connectivity index (χ3n) is 3.07. The molecule has 6 heteroatoms. The fourth-order valence-electron chi connectivity index (χ4n) is 2.16. The molecule has 3 rings (SSSR count). The van der Waals surface area contributed by atoms with Gasteiger partial charge in [0.2, 0.25) is 5.16 Å². The number of nitrogens with zero attached hydrogens (tertiary/aromatic N) is 4. The van der Waals surface area contributed by atoms with E-state index in [4.69, 9.17) is 5.73 Å². The highest BCUT2D eigenvalue weighted by molar-refractivity contribution is 7.99. The Bertz CT molecular complexity index is 538. The van der Waals surface area contributed by atoms with Crippen molar-refractivity contribution in [1.29, 1.82) is 0 Å². The molecule has 1 heterocycles. The Labute approximate surface area is 103 Å². The van der Waals surface area contributed by atoms with Gasteiger partial charge in [0.25, 0.3) is 0 Å². The monoisotopic (exact) mass is 247 g/mol. The van der Waals surface area contributed by atoms with E-state index in [0.29, 0.717) is 5.25 Å². The number of tetrazole rings is 1. The molecule has 88 valence electrons. The first-order valence-electron chi connectivity index (χ1n) is 5.48. The van der Waals surface area contributed by atoms with Crippen LogP contribution >= 0.6 is 11.8 Å². The molecule has 0 radical (unpaired) electrons. The minimum absolute atomic E-state index is 0.0629. The molecule has 1 aromatic heterocycles. The zero-order valence-corrected chi connectivity index (χ0v) is 10.3. The van der Waals surface area contributed by atoms with Gasteiger partial charge in [0, 0.05) is 18.3 Å². The number of aromatic nitrogens is 4. The summed E-state index contributed by atoms with van der Waals surface area (Å²) in [5.41, 5.74) is 8.85. The normalized spacial score (nSPS) is 22.7. The molecule has 2 unspecified atom stereocenters. The summed E-state index contributed by atoms with van der Waals surface area (Å²) in [5.74, 6) is 0. The van der Waals surface area contributed by atoms with E-state index in [1.165, 1.54) is 11.1 Å². The van der Waals surface area contributed by atoms with Gasteiger partial charge < -0.3 is 5.73 Å². The van der Waals surface area contributed by atoms with Crippen LogP contribution in [0.4, 0.5) is 0 Å². The van der Waals surface area contributed by atoms with Gasteiger partial charge in [-0.15, -0.1) is 5.10 Å². The van der Waals surface area contributed by atoms with Gasteiger partial charge in [-0.1, -0.05) is 36.0 Å². The standard InChI is InChI=1S/C11H13N5S/c1-16-11(13-14-15-16)17-9-6-7-4-2-3-5-8(7)10(9)12/h2-5,9-10H,6,12H2,1H3. The molecule has 2 N–H and O–H groups in total. The van der Waals surface area contributed by atoms with Crippen LogP contribution in [0, 0.1) is 0 Å². The lowest BCUT2D eigenvalue weighted by Crippen LogP contribution is -2.19. The van der Waals surface area contributed by atoms with Crippen LogP contribution in [-0.4, -0.2) is 25.5 Å². The maximum atomic E-state index is 6.26. The fraction of sp³-hybridized carbons (Fsp3) is 0.364. The molecule has 0 saturated heterocycles. The lowest BCUT2D eigenvalue weighted by atomic mass is 10.1. The van der Waals surface area contributed by atoms with Crippen molar-refractivity contribution in [2.75, 3.05) is 0 Å². The van der Waals surface area contributed by atoms with Crippen LogP contribution in [0.3, 0.4) is 0 Å². The number of hydrogen-bond donors (Lipinski definition) is 1. The Balaban J connectivity index is 1.83. The van der Waals surface area contributed by atoms with Crippen LogP contribution in [0.1, 0.15) is 17.2 Å². The third-order valence-corrected chi connectivity index (χ3v) is 4.39. The van der Waals surface area contributed by atoms with E-state index in [1.54, 1.807) is 16.4 Å². The van der Waals surface area contributed by atoms with Crippen molar-refractivity contribution in [3.63, 3.8) is 0 Å². The molecule has 1 aliphatic carbocycles. The largest absolute Gasteiger partial charge is 0.323 e. The number of thioether (sulfide) groups is 1. The van der Waals surface area contributed by atoms with Gasteiger partial charge >= 0.3 is 0 Å². The van der Waals surface area contributed by atoms with E-state index in [9.17, 15) is 0 Å². The van der Waals surface area contributed by atoms with E-state index in [2.05, 4.69) is 33.7 Å². The van der Waals surface area contributed by atoms with Crippen molar-refractivity contribution in [2.45, 2.75) is 22.9 Å². The van der Waals surface area contributed by atoms with Crippen molar-refractivity contribution >= 4 is 11.8 Å². The van der Waals surface area contributed by atoms with Crippen LogP contribution < -0.4 is 5.73 Å². The molecular formula is C11H13N5S. The maximum absolute atomic E-state index is 6.26. The molecule has 0 fully saturated rings. The highest BCUT2D eigenvalue weighted by Gasteiger charge is 2.31. The lowest BCUT2D eigenvalue weighted by Gasteiger charge is -2.13. The summed E-state index contributed by atoms with van der Waals surface area (Å²) in [4.78, 5) is 0. The third kappa shape index (κ3) is 1.83. The van der Waals surface area contributed by atoms with E-state index in [1.807, 2.05) is 13.1 Å². The predicted molar refractivity (Wildman–Crippen MR) is 65.5 cm³/mol. The first-order chi connectivity index (χ1) is 8.25. The molecule has 2 aromatic rings. The zero-order valence-electron chi connectivity index (χ0n) is 9.45. The first-order valence-corrected chi connectivity index (χ1v) is 6.36. The van der Waals surface area contributed by atoms with Gasteiger partial charge in [0.05, 0.1) is 0 Å². The minimum atomic E-state index is 0.0629. The average Bonchev–Trinajstić information content (AvgIpc) is 2.87. The average molecular weight is 247 g/mol. The molecule has 1 aromatic carbocycles. The fourth-order valence-corrected chi connectivity index (χ4v) is 3.26. The van der Waals surface area contributed by atoms with Crippen LogP contribution in [0.15, 0.2) is 29.4 Å². The topological polar surface area (TPSA) is 69.6 Å². The molecule has 2 atom stereocenters. The van der Waals surface area contributed by atoms with Gasteiger partial charge in [-0.2, -0.15) is 0 Å². The Kier molecular flexibility index (Phi) is 2.60. The highest BCUT2D eigenvalue weighted by atomic mass is 32.2. The van der Waals surface area contributed by atoms with Gasteiger partial charge in [0.1, 0.15) is 0 Å². The number of fused-ring (bicyclic) bond motifs is 1. The predicted octanol–water partition coefficient (Wildman–Crippen LogP) is 0.927. The Morgan fingerprint density at radius 2 is 2.24 bits per heavy atom. The van der Waals surface area contributed by atoms with Crippen LogP contribution in [0.5, 0.6) is 0 Å². The SMILES string of the molecule is Cn1nnnc1SC1Cc2ccccc2C1N. The maximum Gasteiger partial charge on any atom is 0.209 e. The van der Waals surface area contributed by atoms with Crippen molar-refractivity contribution in [3.8, 4) is 0 Å². The second-order valence-corrected chi connectivity index (χ2v) is 5.38. The van der Waals surface area contributed by atoms with Gasteiger partial charge in [-0.3, -0.25) is 0 Å². The number of nitrogens with two attached hydrogens (primary N) is 1. The second-order valence-electron chi connectivity index (χ2n) is 4.17. The summed E-state index contributed by atoms with van der Waals surface area (Å²) in [5, 5.41) is 12.6. The Hall–Kier alpha value is -1.40. The number of aryl methyl sites for hydroxylation is 1. The molecular weight excluding hydrogens is 234 g/mol. The second kappa shape index (κ2) is 4.12. The van der Waals surface area contributed by atoms with Gasteiger partial charge in [-0.05, 0) is 28.0 Å². The Morgan fingerprint density at radius 1 is 1.41 bits per heavy atom. The zero-order chi connectivity index (χ0) is 11.8.